The number of aromatic nitrogens is 4. The van der Waals surface area contributed by atoms with Crippen molar-refractivity contribution >= 4 is 32.8 Å². The number of rotatable bonds is 7. The van der Waals surface area contributed by atoms with E-state index in [0.717, 1.165) is 67.8 Å². The minimum atomic E-state index is -4.91. The van der Waals surface area contributed by atoms with E-state index in [1.54, 1.807) is 18.3 Å². The summed E-state index contributed by atoms with van der Waals surface area (Å²) in [5.74, 6) is -0.109. The number of pyridine rings is 1. The Kier molecular flexibility index (Phi) is 6.82. The minimum Gasteiger partial charge on any atom is -0.509 e. The molecule has 6 heteroatoms. The van der Waals surface area contributed by atoms with Crippen molar-refractivity contribution in [2.24, 2.45) is 0 Å². The monoisotopic (exact) mass is 1370 g/mol. The van der Waals surface area contributed by atoms with Crippen molar-refractivity contribution in [2.75, 3.05) is 0 Å². The van der Waals surface area contributed by atoms with Crippen LogP contribution >= 0.6 is 0 Å². The zero-order valence-corrected chi connectivity index (χ0v) is 51.9. The normalized spacial score (nSPS) is 28.6. The molecule has 0 aliphatic heterocycles. The van der Waals surface area contributed by atoms with E-state index in [1.807, 2.05) is 37.5 Å². The van der Waals surface area contributed by atoms with Gasteiger partial charge in [-0.05, 0) is 178 Å². The number of para-hydroxylation sites is 2. The predicted molar refractivity (Wildman–Crippen MR) is 359 cm³/mol. The number of ether oxygens (including phenoxy) is 1. The van der Waals surface area contributed by atoms with Gasteiger partial charge < -0.3 is 13.9 Å². The molecule has 5 nitrogen and oxygen atoms in total. The Morgan fingerprint density at radius 3 is 1.74 bits per heavy atom. The van der Waals surface area contributed by atoms with Gasteiger partial charge in [-0.25, -0.2) is 4.98 Å². The van der Waals surface area contributed by atoms with Crippen LogP contribution in [0.1, 0.15) is 269 Å². The molecule has 0 atom stereocenters. The summed E-state index contributed by atoms with van der Waals surface area (Å²) in [5.41, 5.74) is -32.0. The largest absolute Gasteiger partial charge is 0.509 e. The summed E-state index contributed by atoms with van der Waals surface area (Å²) in [5, 5.41) is 1.51. The van der Waals surface area contributed by atoms with Crippen LogP contribution in [0.25, 0.3) is 72.3 Å². The van der Waals surface area contributed by atoms with E-state index in [1.165, 1.54) is 51.1 Å². The van der Waals surface area contributed by atoms with E-state index in [0.29, 0.717) is 16.7 Å². The molecule has 13 rings (SSSR count). The Morgan fingerprint density at radius 2 is 1.16 bits per heavy atom. The van der Waals surface area contributed by atoms with Gasteiger partial charge in [0.2, 0.25) is 0 Å². The molecule has 452 valence electrons. The quantitative estimate of drug-likeness (QED) is 0.118. The van der Waals surface area contributed by atoms with Crippen molar-refractivity contribution in [3.05, 3.63) is 196 Å². The van der Waals surface area contributed by atoms with Gasteiger partial charge in [0.25, 0.3) is 6.33 Å². The molecule has 0 saturated heterocycles. The molecule has 0 N–H and O–H groups in total. The van der Waals surface area contributed by atoms with Crippen molar-refractivity contribution < 1.29 is 86.6 Å². The number of hydrogen-bond acceptors (Lipinski definition) is 2. The Morgan fingerprint density at radius 1 is 0.586 bits per heavy atom. The summed E-state index contributed by atoms with van der Waals surface area (Å²) in [6.07, 6.45) is -13.0. The van der Waals surface area contributed by atoms with Gasteiger partial charge >= 0.3 is 0 Å². The van der Waals surface area contributed by atoms with Gasteiger partial charge in [-0.1, -0.05) is 215 Å². The van der Waals surface area contributed by atoms with Gasteiger partial charge in [0.15, 0.2) is 0 Å². The molecular weight excluding hydrogens is 1240 g/mol. The molecule has 0 fully saturated rings. The summed E-state index contributed by atoms with van der Waals surface area (Å²) >= 11 is 0. The first kappa shape index (κ1) is 28.9. The molecule has 0 unspecified atom stereocenters. The van der Waals surface area contributed by atoms with E-state index in [-0.39, 0.29) is 65.3 Å². The minimum absolute atomic E-state index is 0. The smallest absolute Gasteiger partial charge is 0.268 e. The number of fused-ring (bicyclic) bond motifs is 7. The fourth-order valence-corrected chi connectivity index (χ4v) is 12.0. The summed E-state index contributed by atoms with van der Waals surface area (Å²) < 4.78 is 397. The van der Waals surface area contributed by atoms with E-state index < -0.39 is 212 Å². The summed E-state index contributed by atoms with van der Waals surface area (Å²) in [6.45, 7) is -20.8. The third kappa shape index (κ3) is 10.3. The standard InChI is InChI=1S/C81H90N4O.Pt/c1-50-24-27-55(45-71(50)86-56-28-29-57-60-47-65-66(81(18,19)38-37-80(65,16)17)48-70(60)85(69(57)46-56)72-44-53(32-39-82-72)74(2,3)4)83-49-84(68-23-21-20-22-67(68)83)73-58(51-25-30-61-63(40-51)78(12,13)35-33-76(61,8)9)42-54(75(5,6)7)43-59(73)52-26-31-62-64(41-52)79(14,15)36-34-77(62,10)11;/h20-32,39-44,47-48H,33-38H2,1-19H3;/q-2;/i1D3,8D3,9D3,10D3,11D3,12D3,13D3,14D3,15D3,25D,26D,30D,31D,33D2,34D2,35D2,36D2,40D,41D;. The first-order valence-electron chi connectivity index (χ1n) is 48.8. The SMILES string of the molecule is [2H]c1c([2H])c2c(c([2H])c1-c1cc(C(C)(C)C)cc(-c3c([2H])c([2H])c4c(c3[2H])C(C([2H])([2H])[2H])(C([2H])([2H])[2H])C([2H])([2H])C([2H])([2H])C4(C([2H])([2H])[2H])C([2H])([2H])[2H])c1-[n+]1[c-]n(-c3[c-]c(Oc4[c-]c5c(cc4)c4cc6c(cc4n5-c4cc(C(C)(C)C)ccn4)C(C)(C)CCC6(C)C)c(C([2H])([2H])[2H])cc3)c3ccccc31)C(C([2H])([2H])[2H])(C([2H])([2H])[2H])C([2H])([2H])C([2H])([2H])C2(C([2H])([2H])[2H])C([2H])([2H])[2H].[Pt]. The molecule has 0 amide bonds. The summed E-state index contributed by atoms with van der Waals surface area (Å²) in [4.78, 5) is 4.90. The van der Waals surface area contributed by atoms with Crippen molar-refractivity contribution in [2.45, 2.75) is 213 Å². The molecule has 0 spiro atoms. The van der Waals surface area contributed by atoms with Crippen molar-refractivity contribution in [3.63, 3.8) is 0 Å². The molecule has 10 aromatic rings. The number of nitrogens with zero attached hydrogens (tertiary/aromatic N) is 4. The van der Waals surface area contributed by atoms with Gasteiger partial charge in [-0.2, -0.15) is 18.2 Å². The number of benzene rings is 7. The van der Waals surface area contributed by atoms with Crippen molar-refractivity contribution in [3.8, 4) is 50.9 Å². The molecule has 3 aliphatic carbocycles. The van der Waals surface area contributed by atoms with E-state index in [2.05, 4.69) is 58.3 Å². The van der Waals surface area contributed by atoms with Gasteiger partial charge in [0.05, 0.1) is 24.9 Å². The maximum absolute atomic E-state index is 10.7. The maximum atomic E-state index is 10.7. The zero-order valence-electron chi connectivity index (χ0n) is 90.6. The van der Waals surface area contributed by atoms with Crippen LogP contribution in [0, 0.1) is 25.3 Å². The molecule has 7 aromatic carbocycles. The topological polar surface area (TPSA) is 35.9 Å². The van der Waals surface area contributed by atoms with Gasteiger partial charge in [0, 0.05) is 92.3 Å². The van der Waals surface area contributed by atoms with Crippen molar-refractivity contribution in [1.29, 1.82) is 0 Å². The van der Waals surface area contributed by atoms with Crippen LogP contribution in [-0.2, 0) is 64.4 Å². The van der Waals surface area contributed by atoms with E-state index >= 15 is 0 Å². The third-order valence-corrected chi connectivity index (χ3v) is 17.1. The van der Waals surface area contributed by atoms with E-state index in [9.17, 15) is 35.6 Å². The van der Waals surface area contributed by atoms with Crippen LogP contribution in [0.2, 0.25) is 0 Å². The predicted octanol–water partition coefficient (Wildman–Crippen LogP) is 20.9. The van der Waals surface area contributed by atoms with Gasteiger partial charge in [-0.3, -0.25) is 4.57 Å². The van der Waals surface area contributed by atoms with Crippen molar-refractivity contribution in [1.82, 2.24) is 14.1 Å². The van der Waals surface area contributed by atoms with Gasteiger partial charge in [-0.15, -0.1) is 29.1 Å². The number of imidazole rings is 1. The molecule has 3 aliphatic rings. The Labute approximate surface area is 591 Å². The molecule has 87 heavy (non-hydrogen) atoms. The van der Waals surface area contributed by atoms with Crippen LogP contribution in [-0.4, -0.2) is 14.1 Å². The Bertz CT molecular complexity index is 5990. The average molecular weight is 1370 g/mol. The maximum Gasteiger partial charge on any atom is 0.268 e. The second-order valence-corrected chi connectivity index (χ2v) is 26.4. The Hall–Kier alpha value is -6.55. The first-order chi connectivity index (χ1) is 57.1. The number of aryl methyl sites for hydroxylation is 1. The van der Waals surface area contributed by atoms with Crippen LogP contribution in [0.4, 0.5) is 0 Å². The zero-order chi connectivity index (χ0) is 96.1. The molecule has 0 radical (unpaired) electrons. The second-order valence-electron chi connectivity index (χ2n) is 26.4. The fraction of sp³-hybridized carbons (Fsp3) is 0.407. The third-order valence-electron chi connectivity index (χ3n) is 17.1. The van der Waals surface area contributed by atoms with Gasteiger partial charge in [0.1, 0.15) is 5.82 Å². The summed E-state index contributed by atoms with van der Waals surface area (Å²) in [6, 6.07) is 17.1. The molecule has 3 aromatic heterocycles. The fourth-order valence-electron chi connectivity index (χ4n) is 12.0. The molecular formula is C81H90N4OPt-2. The average Bonchev–Trinajstić information content (AvgIpc) is 0.726. The van der Waals surface area contributed by atoms with Crippen LogP contribution in [0.3, 0.4) is 0 Å². The Balaban J connectivity index is 0.0000149. The van der Waals surface area contributed by atoms with Crippen LogP contribution in [0.5, 0.6) is 11.5 Å². The second kappa shape index (κ2) is 20.5. The van der Waals surface area contributed by atoms with E-state index in [4.69, 9.17) is 30.3 Å². The summed E-state index contributed by atoms with van der Waals surface area (Å²) in [7, 11) is 0. The first-order valence-corrected chi connectivity index (χ1v) is 28.3. The van der Waals surface area contributed by atoms with Crippen LogP contribution in [0.15, 0.2) is 127 Å². The molecule has 0 saturated carbocycles. The molecule has 0 bridgehead atoms. The van der Waals surface area contributed by atoms with Crippen LogP contribution < -0.4 is 9.30 Å². The number of hydrogen-bond donors (Lipinski definition) is 0. The molecule has 3 heterocycles.